The second-order valence-electron chi connectivity index (χ2n) is 11.8. The zero-order chi connectivity index (χ0) is 57.7. The number of likely N-dealkylation sites (N-methyl/N-ethyl adjacent to an activating group) is 2. The van der Waals surface area contributed by atoms with Crippen LogP contribution in [0.25, 0.3) is 0 Å². The number of hydrogen-bond donors (Lipinski definition) is 1. The average molecular weight is 993 g/mol. The van der Waals surface area contributed by atoms with E-state index < -0.39 is 4.92 Å². The van der Waals surface area contributed by atoms with Gasteiger partial charge in [0, 0.05) is 31.1 Å². The second-order valence-corrected chi connectivity index (χ2v) is 11.8. The Labute approximate surface area is 442 Å². The van der Waals surface area contributed by atoms with E-state index in [1.807, 2.05) is 229 Å². The van der Waals surface area contributed by atoms with Gasteiger partial charge in [0.2, 0.25) is 5.91 Å². The lowest BCUT2D eigenvalue weighted by Gasteiger charge is -2.32. The predicted molar refractivity (Wildman–Crippen MR) is 327 cm³/mol. The van der Waals surface area contributed by atoms with Gasteiger partial charge in [-0.2, -0.15) is 0 Å². The Morgan fingerprint density at radius 3 is 1.19 bits per heavy atom. The van der Waals surface area contributed by atoms with Gasteiger partial charge < -0.3 is 20.0 Å². The summed E-state index contributed by atoms with van der Waals surface area (Å²) >= 11 is 0. The Morgan fingerprint density at radius 2 is 0.857 bits per heavy atom. The van der Waals surface area contributed by atoms with Crippen molar-refractivity contribution in [2.75, 3.05) is 60.4 Å². The van der Waals surface area contributed by atoms with E-state index in [1.54, 1.807) is 0 Å². The Balaban J connectivity index is -0.0000000739. The average Bonchev–Trinajstić information content (AvgIpc) is 4.20. The van der Waals surface area contributed by atoms with Crippen LogP contribution in [-0.4, -0.2) is 85.9 Å². The van der Waals surface area contributed by atoms with E-state index in [2.05, 4.69) is 76.6 Å². The van der Waals surface area contributed by atoms with Gasteiger partial charge >= 0.3 is 0 Å². The molecule has 5 rings (SSSR count). The molecule has 0 aliphatic carbocycles. The van der Waals surface area contributed by atoms with Crippen LogP contribution in [0.1, 0.15) is 240 Å². The number of likely N-dealkylation sites (tertiary alicyclic amines) is 2. The lowest BCUT2D eigenvalue weighted by Crippen LogP contribution is -2.39. The molecule has 2 aliphatic rings. The van der Waals surface area contributed by atoms with Crippen LogP contribution >= 0.6 is 0 Å². The summed E-state index contributed by atoms with van der Waals surface area (Å²) in [7, 11) is 4.89. The molecule has 2 fully saturated rings. The number of nitrogens with zero attached hydrogens (tertiary/aromatic N) is 4. The number of aryl methyl sites for hydroxylation is 1. The number of nitrogens with one attached hydrogen (secondary N) is 1. The number of nitro groups is 1. The van der Waals surface area contributed by atoms with Crippen molar-refractivity contribution in [3.63, 3.8) is 0 Å². The third-order valence-corrected chi connectivity index (χ3v) is 8.31. The molecule has 0 saturated carbocycles. The first kappa shape index (κ1) is 92.5. The van der Waals surface area contributed by atoms with E-state index in [0.717, 1.165) is 38.8 Å². The summed E-state index contributed by atoms with van der Waals surface area (Å²) < 4.78 is 0. The number of amides is 1. The molecule has 3 aromatic rings. The summed E-state index contributed by atoms with van der Waals surface area (Å²) in [4.78, 5) is 28.2. The zero-order valence-electron chi connectivity index (χ0n) is 53.0. The summed E-state index contributed by atoms with van der Waals surface area (Å²) in [6, 6.07) is 29.9. The molecule has 70 heavy (non-hydrogen) atoms. The van der Waals surface area contributed by atoms with Gasteiger partial charge in [-0.15, -0.1) is 0 Å². The Hall–Kier alpha value is -3.59. The first-order valence-electron chi connectivity index (χ1n) is 28.9. The summed E-state index contributed by atoms with van der Waals surface area (Å²) in [5, 5.41) is 12.2. The fourth-order valence-electron chi connectivity index (χ4n) is 5.88. The van der Waals surface area contributed by atoms with E-state index in [9.17, 15) is 4.79 Å². The van der Waals surface area contributed by atoms with Crippen molar-refractivity contribution in [2.45, 2.75) is 231 Å². The second kappa shape index (κ2) is 88.4. The lowest BCUT2D eigenvalue weighted by molar-refractivity contribution is -0.445. The van der Waals surface area contributed by atoms with E-state index in [1.165, 1.54) is 55.5 Å². The molecule has 420 valence electrons. The Morgan fingerprint density at radius 1 is 0.543 bits per heavy atom. The SMILES string of the molecule is CC.CC.CC.CC.CC.CC.CC.CC.CC.CC.CC.CC.CC.CN[C@H](CN1CCCC1)c1ccccc1.C[N+](=O)[O-].Cc1cccc([C@@H](CN2CCCC2)N(C)C(=O)Cc2ccccc2)c1. The maximum absolute atomic E-state index is 12.9. The molecule has 2 aliphatic heterocycles. The van der Waals surface area contributed by atoms with Crippen molar-refractivity contribution < 1.29 is 9.72 Å². The van der Waals surface area contributed by atoms with Crippen molar-refractivity contribution in [3.8, 4) is 0 Å². The van der Waals surface area contributed by atoms with Crippen LogP contribution in [0.2, 0.25) is 0 Å². The first-order valence-corrected chi connectivity index (χ1v) is 28.9. The monoisotopic (exact) mass is 992 g/mol. The fourth-order valence-corrected chi connectivity index (χ4v) is 5.88. The molecule has 2 atom stereocenters. The minimum atomic E-state index is -0.500. The number of carbonyl (C=O) groups excluding carboxylic acids is 1. The minimum absolute atomic E-state index is 0.106. The summed E-state index contributed by atoms with van der Waals surface area (Å²) in [6.45, 7) is 61.0. The Kier molecular flexibility index (Phi) is 117. The third-order valence-electron chi connectivity index (χ3n) is 8.31. The molecule has 1 N–H and O–H groups in total. The molecule has 0 spiro atoms. The van der Waals surface area contributed by atoms with Crippen molar-refractivity contribution >= 4 is 5.91 Å². The van der Waals surface area contributed by atoms with E-state index in [0.29, 0.717) is 12.5 Å². The highest BCUT2D eigenvalue weighted by Crippen LogP contribution is 2.25. The first-order chi connectivity index (χ1) is 34.3. The molecule has 1 amide bonds. The number of carbonyl (C=O) groups is 1. The van der Waals surface area contributed by atoms with Gasteiger partial charge in [0.25, 0.3) is 0 Å². The van der Waals surface area contributed by atoms with Gasteiger partial charge in [-0.25, -0.2) is 0 Å². The maximum atomic E-state index is 12.9. The van der Waals surface area contributed by atoms with Gasteiger partial charge in [0.15, 0.2) is 7.05 Å². The molecule has 3 aromatic carbocycles. The summed E-state index contributed by atoms with van der Waals surface area (Å²) in [5.74, 6) is 0.178. The normalized spacial score (nSPS) is 11.3. The van der Waals surface area contributed by atoms with Crippen molar-refractivity contribution in [1.82, 2.24) is 20.0 Å². The molecular weight excluding hydrogens is 863 g/mol. The van der Waals surface area contributed by atoms with Crippen molar-refractivity contribution in [2.24, 2.45) is 0 Å². The van der Waals surface area contributed by atoms with Gasteiger partial charge in [0.1, 0.15) is 0 Å². The van der Waals surface area contributed by atoms with Crippen molar-refractivity contribution in [1.29, 1.82) is 0 Å². The van der Waals surface area contributed by atoms with Gasteiger partial charge in [-0.05, 0) is 82.5 Å². The standard InChI is InChI=1S/C22H28N2O.C13H20N2.13C2H6.CH3NO2/c1-18-9-8-12-20(15-18)21(17-24-13-6-7-14-24)23(2)22(25)16-19-10-4-3-5-11-19;1-14-13(11-15-9-5-6-10-15)12-7-3-2-4-8-12;13*1-2;1-2(3)4/h3-5,8-12,15,21H,6-7,13-14,16-17H2,1-2H3;2-4,7-8,13-14H,5-6,9-11H2,1H3;13*1-2H3;1H3/t21-;13-;;;;;;;;;;;;;;/m11............../s1. The van der Waals surface area contributed by atoms with Gasteiger partial charge in [0.05, 0.1) is 12.5 Å². The molecular formula is C62H129N5O3. The Bertz CT molecular complexity index is 1250. The molecule has 0 radical (unpaired) electrons. The largest absolute Gasteiger partial charge is 0.337 e. The highest BCUT2D eigenvalue weighted by molar-refractivity contribution is 5.79. The maximum Gasteiger partial charge on any atom is 0.227 e. The molecule has 0 unspecified atom stereocenters. The van der Waals surface area contributed by atoms with Crippen molar-refractivity contribution in [3.05, 3.63) is 117 Å². The number of benzene rings is 3. The molecule has 0 aromatic heterocycles. The van der Waals surface area contributed by atoms with E-state index in [-0.39, 0.29) is 11.9 Å². The minimum Gasteiger partial charge on any atom is -0.337 e. The smallest absolute Gasteiger partial charge is 0.227 e. The van der Waals surface area contributed by atoms with Gasteiger partial charge in [-0.1, -0.05) is 271 Å². The highest BCUT2D eigenvalue weighted by Gasteiger charge is 2.26. The number of rotatable bonds is 10. The quantitative estimate of drug-likeness (QED) is 0.161. The highest BCUT2D eigenvalue weighted by atomic mass is 16.6. The predicted octanol–water partition coefficient (Wildman–Crippen LogP) is 19.1. The van der Waals surface area contributed by atoms with Crippen LogP contribution in [0.4, 0.5) is 0 Å². The molecule has 2 saturated heterocycles. The number of hydrogen-bond acceptors (Lipinski definition) is 6. The molecule has 0 bridgehead atoms. The summed E-state index contributed by atoms with van der Waals surface area (Å²) in [6.07, 6.45) is 5.72. The van der Waals surface area contributed by atoms with Crippen LogP contribution in [0.3, 0.4) is 0 Å². The lowest BCUT2D eigenvalue weighted by atomic mass is 10.0. The topological polar surface area (TPSA) is 82.0 Å². The molecule has 2 heterocycles. The van der Waals surface area contributed by atoms with Crippen LogP contribution in [0, 0.1) is 17.0 Å². The van der Waals surface area contributed by atoms with Crippen LogP contribution in [0.5, 0.6) is 0 Å². The zero-order valence-corrected chi connectivity index (χ0v) is 53.0. The summed E-state index contributed by atoms with van der Waals surface area (Å²) in [5.41, 5.74) is 4.94. The van der Waals surface area contributed by atoms with Crippen LogP contribution < -0.4 is 5.32 Å². The fraction of sp³-hybridized carbons (Fsp3) is 0.694. The van der Waals surface area contributed by atoms with E-state index >= 15 is 0 Å². The van der Waals surface area contributed by atoms with Crippen LogP contribution in [-0.2, 0) is 11.2 Å². The molecule has 8 nitrogen and oxygen atoms in total. The van der Waals surface area contributed by atoms with Gasteiger partial charge in [-0.3, -0.25) is 14.9 Å². The molecule has 8 heteroatoms. The van der Waals surface area contributed by atoms with Crippen LogP contribution in [0.15, 0.2) is 84.9 Å². The van der Waals surface area contributed by atoms with E-state index in [4.69, 9.17) is 10.1 Å². The third kappa shape index (κ3) is 58.7.